The maximum absolute atomic E-state index is 13.1. The van der Waals surface area contributed by atoms with Crippen molar-refractivity contribution in [2.75, 3.05) is 39.6 Å². The van der Waals surface area contributed by atoms with E-state index in [0.29, 0.717) is 25.7 Å². The number of aliphatic hydroxyl groups excluding tert-OH is 1. The van der Waals surface area contributed by atoms with Crippen molar-refractivity contribution in [3.05, 3.63) is 122 Å². The van der Waals surface area contributed by atoms with Crippen molar-refractivity contribution in [1.82, 2.24) is 0 Å². The predicted octanol–water partition coefficient (Wildman–Crippen LogP) is 23.1. The van der Waals surface area contributed by atoms with E-state index in [4.69, 9.17) is 37.0 Å². The molecule has 0 aliphatic heterocycles. The maximum atomic E-state index is 13.1. The fraction of sp³-hybridized carbons (Fsp3) is 0.711. The molecule has 0 spiro atoms. The van der Waals surface area contributed by atoms with Crippen LogP contribution in [0.3, 0.4) is 0 Å². The van der Waals surface area contributed by atoms with E-state index in [2.05, 4.69) is 149 Å². The first-order chi connectivity index (χ1) is 49.7. The average Bonchev–Trinajstić information content (AvgIpc) is 0.926. The van der Waals surface area contributed by atoms with E-state index < -0.39 is 97.5 Å². The van der Waals surface area contributed by atoms with Crippen LogP contribution in [0.4, 0.5) is 0 Å². The van der Waals surface area contributed by atoms with Crippen molar-refractivity contribution >= 4 is 39.5 Å². The van der Waals surface area contributed by atoms with E-state index in [1.807, 2.05) is 0 Å². The summed E-state index contributed by atoms with van der Waals surface area (Å²) in [7, 11) is -9.97. The number of aliphatic hydroxyl groups is 1. The summed E-state index contributed by atoms with van der Waals surface area (Å²) in [6, 6.07) is 0. The molecule has 0 aliphatic rings. The Hall–Kier alpha value is -4.54. The zero-order valence-electron chi connectivity index (χ0n) is 64.0. The molecule has 0 fully saturated rings. The Bertz CT molecular complexity index is 2410. The third-order valence-electron chi connectivity index (χ3n) is 16.4. The van der Waals surface area contributed by atoms with Gasteiger partial charge in [0.05, 0.1) is 26.4 Å². The van der Waals surface area contributed by atoms with E-state index >= 15 is 0 Å². The molecule has 0 amide bonds. The van der Waals surface area contributed by atoms with Crippen molar-refractivity contribution in [1.29, 1.82) is 0 Å². The number of carbonyl (C=O) groups excluding carboxylic acids is 4. The Morgan fingerprint density at radius 1 is 0.284 bits per heavy atom. The van der Waals surface area contributed by atoms with Crippen LogP contribution in [0.5, 0.6) is 0 Å². The largest absolute Gasteiger partial charge is 0.472 e. The lowest BCUT2D eigenvalue weighted by molar-refractivity contribution is -0.161. The Morgan fingerprint density at radius 3 is 0.804 bits per heavy atom. The van der Waals surface area contributed by atoms with E-state index in [1.54, 1.807) is 0 Å². The molecule has 0 aromatic carbocycles. The van der Waals surface area contributed by atoms with Crippen LogP contribution in [0.15, 0.2) is 122 Å². The number of phosphoric acid groups is 2. The molecule has 5 atom stereocenters. The van der Waals surface area contributed by atoms with Crippen LogP contribution in [-0.2, 0) is 65.4 Å². The second-order valence-electron chi connectivity index (χ2n) is 26.2. The minimum atomic E-state index is -4.99. The molecular formula is C83H142O17P2. The molecule has 102 heavy (non-hydrogen) atoms. The summed E-state index contributed by atoms with van der Waals surface area (Å²) in [4.78, 5) is 73.0. The van der Waals surface area contributed by atoms with E-state index in [0.717, 1.165) is 186 Å². The third-order valence-corrected chi connectivity index (χ3v) is 18.3. The molecule has 5 unspecified atom stereocenters. The van der Waals surface area contributed by atoms with Gasteiger partial charge in [0.25, 0.3) is 0 Å². The van der Waals surface area contributed by atoms with Crippen LogP contribution < -0.4 is 0 Å². The molecular weight excluding hydrogens is 1330 g/mol. The van der Waals surface area contributed by atoms with E-state index in [-0.39, 0.29) is 25.7 Å². The molecule has 0 bridgehead atoms. The van der Waals surface area contributed by atoms with Crippen LogP contribution in [0, 0.1) is 0 Å². The minimum Gasteiger partial charge on any atom is -0.462 e. The van der Waals surface area contributed by atoms with Crippen LogP contribution in [0.25, 0.3) is 0 Å². The molecule has 586 valence electrons. The molecule has 17 nitrogen and oxygen atoms in total. The summed E-state index contributed by atoms with van der Waals surface area (Å²) < 4.78 is 68.5. The summed E-state index contributed by atoms with van der Waals surface area (Å²) in [6.07, 6.45) is 81.8. The third kappa shape index (κ3) is 73.8. The first-order valence-electron chi connectivity index (χ1n) is 39.8. The Labute approximate surface area is 619 Å². The highest BCUT2D eigenvalue weighted by atomic mass is 31.2. The lowest BCUT2D eigenvalue weighted by Gasteiger charge is -2.21. The topological polar surface area (TPSA) is 237 Å². The van der Waals surface area contributed by atoms with Gasteiger partial charge in [-0.25, -0.2) is 9.13 Å². The number of ether oxygens (including phenoxy) is 4. The molecule has 0 aromatic rings. The lowest BCUT2D eigenvalue weighted by Crippen LogP contribution is -2.30. The first kappa shape index (κ1) is 97.5. The summed E-state index contributed by atoms with van der Waals surface area (Å²) in [5.41, 5.74) is 0. The first-order valence-corrected chi connectivity index (χ1v) is 42.8. The highest BCUT2D eigenvalue weighted by molar-refractivity contribution is 7.47. The average molecular weight is 1470 g/mol. The number of hydrogen-bond acceptors (Lipinski definition) is 15. The fourth-order valence-corrected chi connectivity index (χ4v) is 12.0. The highest BCUT2D eigenvalue weighted by Gasteiger charge is 2.30. The second-order valence-corrected chi connectivity index (χ2v) is 29.2. The molecule has 0 saturated carbocycles. The normalized spacial score (nSPS) is 14.5. The predicted molar refractivity (Wildman–Crippen MR) is 418 cm³/mol. The van der Waals surface area contributed by atoms with Gasteiger partial charge < -0.3 is 33.8 Å². The van der Waals surface area contributed by atoms with Gasteiger partial charge in [-0.15, -0.1) is 0 Å². The molecule has 0 heterocycles. The zero-order chi connectivity index (χ0) is 74.6. The molecule has 0 rings (SSSR count). The van der Waals surface area contributed by atoms with Gasteiger partial charge in [0.1, 0.15) is 19.3 Å². The van der Waals surface area contributed by atoms with Crippen molar-refractivity contribution in [3.63, 3.8) is 0 Å². The fourth-order valence-electron chi connectivity index (χ4n) is 10.4. The maximum Gasteiger partial charge on any atom is 0.472 e. The number of carbonyl (C=O) groups is 4. The van der Waals surface area contributed by atoms with Gasteiger partial charge in [-0.3, -0.25) is 37.3 Å². The number of esters is 4. The number of unbranched alkanes of at least 4 members (excludes halogenated alkanes) is 28. The quantitative estimate of drug-likeness (QED) is 0.0169. The molecule has 0 radical (unpaired) electrons. The Kier molecular flexibility index (Phi) is 71.4. The van der Waals surface area contributed by atoms with Gasteiger partial charge >= 0.3 is 39.5 Å². The smallest absolute Gasteiger partial charge is 0.462 e. The number of hydrogen-bond donors (Lipinski definition) is 3. The van der Waals surface area contributed by atoms with Gasteiger partial charge in [0.2, 0.25) is 0 Å². The van der Waals surface area contributed by atoms with Gasteiger partial charge in [0, 0.05) is 25.7 Å². The van der Waals surface area contributed by atoms with Gasteiger partial charge in [-0.05, 0) is 135 Å². The van der Waals surface area contributed by atoms with Crippen molar-refractivity contribution in [2.24, 2.45) is 0 Å². The monoisotopic (exact) mass is 1470 g/mol. The Morgan fingerprint density at radius 2 is 0.510 bits per heavy atom. The second kappa shape index (κ2) is 74.7. The zero-order valence-corrected chi connectivity index (χ0v) is 65.8. The molecule has 0 aromatic heterocycles. The SMILES string of the molecule is CC/C=C\C/C=C\C/C=C\C/C=C\CCCCCCC(=O)OCC(COP(=O)(O)OCC(O)COP(=O)(O)OCC(COC(=O)CCCCCCCC/C=C\C/C=C\C/C=C\CCCCC)OC(=O)CCCCCCC/C=C\C/C=C\C/C=C\CC)OC(=O)CCCCCCCCCCCCC. The van der Waals surface area contributed by atoms with Crippen molar-refractivity contribution < 1.29 is 80.2 Å². The standard InChI is InChI=1S/C83H142O17P2/c1-5-9-13-17-21-25-29-32-35-37-38-40-43-45-49-52-56-60-64-68-81(86)94-74-79(100-83(88)70-66-62-58-54-50-46-41-34-31-27-23-19-15-11-7-3)76-98-102(91,92)96-72-77(84)71-95-101(89,90)97-75-78(99-82(87)69-65-61-57-53-47-28-24-20-16-12-8-4)73-93-80(85)67-63-59-55-51-48-44-42-39-36-33-30-26-22-18-14-10-6-2/h10-11,14-15,21-23,25-27,32-36,38,40-42,44,77-79,84H,5-9,12-13,16-20,24,28-31,37,39,43,45-76H2,1-4H3,(H,89,90)(H,91,92)/b14-10-,15-11-,25-21-,26-22-,27-23-,35-32-,36-33-,40-38-,41-34-,44-42-. The summed E-state index contributed by atoms with van der Waals surface area (Å²) in [6.45, 7) is 4.57. The number of rotatable bonds is 74. The minimum absolute atomic E-state index is 0.0705. The summed E-state index contributed by atoms with van der Waals surface area (Å²) in [5.74, 6) is -2.23. The van der Waals surface area contributed by atoms with Crippen LogP contribution in [0.1, 0.15) is 323 Å². The van der Waals surface area contributed by atoms with E-state index in [9.17, 15) is 43.2 Å². The molecule has 3 N–H and O–H groups in total. The summed E-state index contributed by atoms with van der Waals surface area (Å²) in [5, 5.41) is 10.6. The molecule has 0 saturated heterocycles. The van der Waals surface area contributed by atoms with Crippen LogP contribution in [0.2, 0.25) is 0 Å². The molecule has 0 aliphatic carbocycles. The van der Waals surface area contributed by atoms with Crippen LogP contribution >= 0.6 is 15.6 Å². The number of phosphoric ester groups is 2. The molecule has 19 heteroatoms. The van der Waals surface area contributed by atoms with Crippen LogP contribution in [-0.4, -0.2) is 96.7 Å². The van der Waals surface area contributed by atoms with Gasteiger partial charge in [-0.1, -0.05) is 284 Å². The number of allylic oxidation sites excluding steroid dienone is 20. The summed E-state index contributed by atoms with van der Waals surface area (Å²) >= 11 is 0. The lowest BCUT2D eigenvalue weighted by atomic mass is 10.1. The van der Waals surface area contributed by atoms with E-state index in [1.165, 1.54) is 57.8 Å². The van der Waals surface area contributed by atoms with Gasteiger partial charge in [0.15, 0.2) is 12.2 Å². The Balaban J connectivity index is 5.36. The highest BCUT2D eigenvalue weighted by Crippen LogP contribution is 2.45. The van der Waals surface area contributed by atoms with Gasteiger partial charge in [-0.2, -0.15) is 0 Å². The van der Waals surface area contributed by atoms with Crippen molar-refractivity contribution in [2.45, 2.75) is 341 Å². The van der Waals surface area contributed by atoms with Crippen molar-refractivity contribution in [3.8, 4) is 0 Å².